The first-order chi connectivity index (χ1) is 14.1. The number of halogens is 2. The Hall–Kier alpha value is -2.73. The minimum atomic E-state index is -0.0504. The van der Waals surface area contributed by atoms with E-state index >= 15 is 0 Å². The molecule has 0 saturated carbocycles. The van der Waals surface area contributed by atoms with Gasteiger partial charge in [-0.2, -0.15) is 4.98 Å². The molecule has 1 aromatic heterocycles. The number of rotatable bonds is 7. The largest absolute Gasteiger partial charge is 0.491 e. The Bertz CT molecular complexity index is 1130. The maximum absolute atomic E-state index is 9.02. The zero-order chi connectivity index (χ0) is 20.2. The van der Waals surface area contributed by atoms with Gasteiger partial charge >= 0.3 is 6.01 Å². The second kappa shape index (κ2) is 8.74. The van der Waals surface area contributed by atoms with E-state index in [2.05, 4.69) is 4.98 Å². The molecule has 148 valence electrons. The molecule has 4 rings (SSSR count). The van der Waals surface area contributed by atoms with Gasteiger partial charge in [0, 0.05) is 16.1 Å². The highest BCUT2D eigenvalue weighted by Gasteiger charge is 2.15. The first-order valence-corrected chi connectivity index (χ1v) is 9.80. The zero-order valence-corrected chi connectivity index (χ0v) is 16.9. The van der Waals surface area contributed by atoms with E-state index in [1.807, 2.05) is 59.2 Å². The van der Waals surface area contributed by atoms with Crippen LogP contribution in [0, 0.1) is 0 Å². The van der Waals surface area contributed by atoms with E-state index in [-0.39, 0.29) is 13.2 Å². The molecule has 0 unspecified atom stereocenters. The third-order valence-electron chi connectivity index (χ3n) is 4.30. The number of aromatic nitrogens is 2. The Morgan fingerprint density at radius 1 is 0.897 bits per heavy atom. The van der Waals surface area contributed by atoms with Crippen molar-refractivity contribution in [3.63, 3.8) is 0 Å². The van der Waals surface area contributed by atoms with Crippen LogP contribution in [0.5, 0.6) is 17.5 Å². The van der Waals surface area contributed by atoms with Gasteiger partial charge in [-0.05, 0) is 48.0 Å². The molecule has 0 amide bonds. The van der Waals surface area contributed by atoms with Crippen molar-refractivity contribution in [1.29, 1.82) is 0 Å². The first-order valence-electron chi connectivity index (χ1n) is 9.04. The summed E-state index contributed by atoms with van der Waals surface area (Å²) in [6.07, 6.45) is 0. The monoisotopic (exact) mass is 428 g/mol. The fourth-order valence-electron chi connectivity index (χ4n) is 2.97. The smallest absolute Gasteiger partial charge is 0.303 e. The van der Waals surface area contributed by atoms with Gasteiger partial charge in [0.05, 0.1) is 24.2 Å². The number of imidazole rings is 1. The summed E-state index contributed by atoms with van der Waals surface area (Å²) in [7, 11) is 0. The lowest BCUT2D eigenvalue weighted by Gasteiger charge is -2.11. The van der Waals surface area contributed by atoms with E-state index in [1.54, 1.807) is 12.1 Å². The summed E-state index contributed by atoms with van der Waals surface area (Å²) in [5.74, 6) is 1.25. The summed E-state index contributed by atoms with van der Waals surface area (Å²) in [6.45, 7) is 0.709. The van der Waals surface area contributed by atoms with Gasteiger partial charge in [-0.15, -0.1) is 0 Å². The fourth-order valence-corrected chi connectivity index (χ4v) is 3.28. The molecule has 0 bridgehead atoms. The van der Waals surface area contributed by atoms with Crippen LogP contribution in [0.2, 0.25) is 10.0 Å². The van der Waals surface area contributed by atoms with Crippen LogP contribution < -0.4 is 9.47 Å². The average molecular weight is 429 g/mol. The number of nitrogens with zero attached hydrogens (tertiary/aromatic N) is 2. The van der Waals surface area contributed by atoms with Gasteiger partial charge in [0.2, 0.25) is 0 Å². The Morgan fingerprint density at radius 3 is 2.48 bits per heavy atom. The molecule has 3 aromatic carbocycles. The summed E-state index contributed by atoms with van der Waals surface area (Å²) in [5.41, 5.74) is 2.67. The zero-order valence-electron chi connectivity index (χ0n) is 15.4. The van der Waals surface area contributed by atoms with Gasteiger partial charge in [0.15, 0.2) is 0 Å². The van der Waals surface area contributed by atoms with Crippen LogP contribution in [0.25, 0.3) is 11.0 Å². The van der Waals surface area contributed by atoms with Gasteiger partial charge < -0.3 is 14.6 Å². The normalized spacial score (nSPS) is 11.0. The van der Waals surface area contributed by atoms with Crippen molar-refractivity contribution in [2.75, 3.05) is 13.2 Å². The SMILES string of the molecule is OCCOc1ccc2nc(Oc3cccc(Cl)c3)n(Cc3ccc(Cl)cc3)c2c1. The molecule has 1 heterocycles. The minimum absolute atomic E-state index is 0.0504. The number of aliphatic hydroxyl groups is 1. The molecule has 0 aliphatic carbocycles. The fraction of sp³-hybridized carbons (Fsp3) is 0.136. The molecule has 0 aliphatic rings. The number of fused-ring (bicyclic) bond motifs is 1. The van der Waals surface area contributed by atoms with Crippen molar-refractivity contribution in [3.05, 3.63) is 82.3 Å². The second-order valence-corrected chi connectivity index (χ2v) is 7.26. The molecule has 29 heavy (non-hydrogen) atoms. The topological polar surface area (TPSA) is 56.5 Å². The molecule has 4 aromatic rings. The van der Waals surface area contributed by atoms with Crippen LogP contribution in [0.4, 0.5) is 0 Å². The van der Waals surface area contributed by atoms with Gasteiger partial charge in [0.1, 0.15) is 18.1 Å². The molecule has 7 heteroatoms. The second-order valence-electron chi connectivity index (χ2n) is 6.39. The van der Waals surface area contributed by atoms with E-state index in [1.165, 1.54) is 0 Å². The highest BCUT2D eigenvalue weighted by Crippen LogP contribution is 2.30. The lowest BCUT2D eigenvalue weighted by atomic mass is 10.2. The van der Waals surface area contributed by atoms with Crippen molar-refractivity contribution < 1.29 is 14.6 Å². The maximum Gasteiger partial charge on any atom is 0.303 e. The third kappa shape index (κ3) is 4.65. The summed E-state index contributed by atoms with van der Waals surface area (Å²) in [6, 6.07) is 20.8. The van der Waals surface area contributed by atoms with Gasteiger partial charge in [-0.1, -0.05) is 41.4 Å². The van der Waals surface area contributed by atoms with Gasteiger partial charge in [-0.25, -0.2) is 0 Å². The number of hydrogen-bond donors (Lipinski definition) is 1. The maximum atomic E-state index is 9.02. The molecule has 0 saturated heterocycles. The van der Waals surface area contributed by atoms with Crippen LogP contribution in [-0.4, -0.2) is 27.9 Å². The lowest BCUT2D eigenvalue weighted by molar-refractivity contribution is 0.201. The summed E-state index contributed by atoms with van der Waals surface area (Å²) in [4.78, 5) is 4.64. The van der Waals surface area contributed by atoms with Crippen molar-refractivity contribution in [2.45, 2.75) is 6.54 Å². The van der Waals surface area contributed by atoms with Gasteiger partial charge in [0.25, 0.3) is 0 Å². The Morgan fingerprint density at radius 2 is 1.72 bits per heavy atom. The average Bonchev–Trinajstić information content (AvgIpc) is 3.04. The summed E-state index contributed by atoms with van der Waals surface area (Å²) in [5, 5.41) is 10.3. The number of ether oxygens (including phenoxy) is 2. The number of hydrogen-bond acceptors (Lipinski definition) is 4. The molecule has 0 atom stereocenters. The molecule has 1 N–H and O–H groups in total. The molecule has 5 nitrogen and oxygen atoms in total. The molecular weight excluding hydrogens is 411 g/mol. The summed E-state index contributed by atoms with van der Waals surface area (Å²) < 4.78 is 13.6. The van der Waals surface area contributed by atoms with Crippen LogP contribution in [-0.2, 0) is 6.54 Å². The Balaban J connectivity index is 1.76. The van der Waals surface area contributed by atoms with Crippen molar-refractivity contribution in [1.82, 2.24) is 9.55 Å². The third-order valence-corrected chi connectivity index (χ3v) is 4.79. The van der Waals surface area contributed by atoms with E-state index in [9.17, 15) is 0 Å². The van der Waals surface area contributed by atoms with Crippen LogP contribution in [0.1, 0.15) is 5.56 Å². The highest BCUT2D eigenvalue weighted by molar-refractivity contribution is 6.30. The van der Waals surface area contributed by atoms with E-state index in [0.29, 0.717) is 34.1 Å². The van der Waals surface area contributed by atoms with E-state index in [4.69, 9.17) is 37.8 Å². The molecule has 0 fully saturated rings. The van der Waals surface area contributed by atoms with Crippen LogP contribution >= 0.6 is 23.2 Å². The number of aliphatic hydroxyl groups excluding tert-OH is 1. The predicted molar refractivity (Wildman–Crippen MR) is 114 cm³/mol. The van der Waals surface area contributed by atoms with Crippen molar-refractivity contribution in [3.8, 4) is 17.5 Å². The number of benzene rings is 3. The van der Waals surface area contributed by atoms with Crippen molar-refractivity contribution >= 4 is 34.2 Å². The van der Waals surface area contributed by atoms with E-state index in [0.717, 1.165) is 16.6 Å². The standard InChI is InChI=1S/C22H18Cl2N2O3/c23-16-6-4-15(5-7-16)14-26-21-13-18(28-11-10-27)8-9-20(21)25-22(26)29-19-3-1-2-17(24)12-19/h1-9,12-13,27H,10-11,14H2. The Kier molecular flexibility index (Phi) is 5.90. The lowest BCUT2D eigenvalue weighted by Crippen LogP contribution is -2.04. The summed E-state index contributed by atoms with van der Waals surface area (Å²) >= 11 is 12.1. The first kappa shape index (κ1) is 19.6. The molecular formula is C22H18Cl2N2O3. The molecule has 0 aliphatic heterocycles. The molecule has 0 spiro atoms. The van der Waals surface area contributed by atoms with Crippen LogP contribution in [0.15, 0.2) is 66.7 Å². The quantitative estimate of drug-likeness (QED) is 0.418. The highest BCUT2D eigenvalue weighted by atomic mass is 35.5. The van der Waals surface area contributed by atoms with E-state index < -0.39 is 0 Å². The van der Waals surface area contributed by atoms with Gasteiger partial charge in [-0.3, -0.25) is 4.57 Å². The van der Waals surface area contributed by atoms with Crippen LogP contribution in [0.3, 0.4) is 0 Å². The minimum Gasteiger partial charge on any atom is -0.491 e. The van der Waals surface area contributed by atoms with Crippen molar-refractivity contribution in [2.24, 2.45) is 0 Å². The Labute approximate surface area is 178 Å². The molecule has 0 radical (unpaired) electrons. The predicted octanol–water partition coefficient (Wildman–Crippen LogP) is 5.55.